The minimum Gasteiger partial charge on any atom is -0.481 e. The molecule has 0 saturated carbocycles. The Morgan fingerprint density at radius 1 is 0.824 bits per heavy atom. The molecule has 0 atom stereocenters. The van der Waals surface area contributed by atoms with Gasteiger partial charge in [0.25, 0.3) is 0 Å². The SMILES string of the molecule is O=C(O)CCN(CCCCCO)CCC(=O)O. The molecule has 0 aliphatic carbocycles. The molecule has 0 aromatic carbocycles. The van der Waals surface area contributed by atoms with E-state index in [1.807, 2.05) is 4.90 Å². The van der Waals surface area contributed by atoms with E-state index in [1.54, 1.807) is 0 Å². The quantitative estimate of drug-likeness (QED) is 0.457. The van der Waals surface area contributed by atoms with E-state index in [9.17, 15) is 9.59 Å². The van der Waals surface area contributed by atoms with Gasteiger partial charge in [-0.1, -0.05) is 0 Å². The van der Waals surface area contributed by atoms with Crippen LogP contribution in [0.1, 0.15) is 32.1 Å². The standard InChI is InChI=1S/C11H21NO5/c13-9-3-1-2-6-12(7-4-10(14)15)8-5-11(16)17/h13H,1-9H2,(H,14,15)(H,16,17). The highest BCUT2D eigenvalue weighted by atomic mass is 16.4. The lowest BCUT2D eigenvalue weighted by molar-refractivity contribution is -0.137. The fourth-order valence-corrected chi connectivity index (χ4v) is 1.47. The molecule has 0 saturated heterocycles. The van der Waals surface area contributed by atoms with Gasteiger partial charge in [0.15, 0.2) is 0 Å². The zero-order valence-corrected chi connectivity index (χ0v) is 9.97. The first-order valence-corrected chi connectivity index (χ1v) is 5.83. The fraction of sp³-hybridized carbons (Fsp3) is 0.818. The first-order valence-electron chi connectivity index (χ1n) is 5.83. The molecule has 0 bridgehead atoms. The zero-order valence-electron chi connectivity index (χ0n) is 9.97. The molecular weight excluding hydrogens is 226 g/mol. The van der Waals surface area contributed by atoms with Crippen molar-refractivity contribution >= 4 is 11.9 Å². The Hall–Kier alpha value is -1.14. The predicted molar refractivity (Wildman–Crippen MR) is 61.9 cm³/mol. The number of aliphatic hydroxyl groups is 1. The molecule has 0 unspecified atom stereocenters. The molecule has 3 N–H and O–H groups in total. The van der Waals surface area contributed by atoms with Crippen molar-refractivity contribution < 1.29 is 24.9 Å². The highest BCUT2D eigenvalue weighted by molar-refractivity contribution is 5.67. The van der Waals surface area contributed by atoms with E-state index in [0.717, 1.165) is 19.3 Å². The Bertz CT molecular complexity index is 214. The number of carboxylic acid groups (broad SMARTS) is 2. The molecule has 0 fully saturated rings. The molecule has 17 heavy (non-hydrogen) atoms. The summed E-state index contributed by atoms with van der Waals surface area (Å²) in [4.78, 5) is 22.7. The number of unbranched alkanes of at least 4 members (excludes halogenated alkanes) is 2. The van der Waals surface area contributed by atoms with Gasteiger partial charge in [0.05, 0.1) is 12.8 Å². The molecular formula is C11H21NO5. The number of carboxylic acids is 2. The van der Waals surface area contributed by atoms with Crippen LogP contribution in [-0.2, 0) is 9.59 Å². The number of rotatable bonds is 11. The Kier molecular flexibility index (Phi) is 9.37. The van der Waals surface area contributed by atoms with Crippen molar-refractivity contribution in [3.63, 3.8) is 0 Å². The normalized spacial score (nSPS) is 10.7. The fourth-order valence-electron chi connectivity index (χ4n) is 1.47. The van der Waals surface area contributed by atoms with Crippen LogP contribution in [0.25, 0.3) is 0 Å². The van der Waals surface area contributed by atoms with Gasteiger partial charge in [0.2, 0.25) is 0 Å². The summed E-state index contributed by atoms with van der Waals surface area (Å²) in [5, 5.41) is 25.8. The molecule has 0 spiro atoms. The molecule has 0 rings (SSSR count). The Morgan fingerprint density at radius 2 is 1.35 bits per heavy atom. The summed E-state index contributed by atoms with van der Waals surface area (Å²) in [6.45, 7) is 1.59. The van der Waals surface area contributed by atoms with Gasteiger partial charge in [-0.05, 0) is 25.8 Å². The van der Waals surface area contributed by atoms with Crippen molar-refractivity contribution in [3.8, 4) is 0 Å². The van der Waals surface area contributed by atoms with E-state index in [0.29, 0.717) is 19.6 Å². The number of aliphatic carboxylic acids is 2. The van der Waals surface area contributed by atoms with Crippen LogP contribution in [0.3, 0.4) is 0 Å². The van der Waals surface area contributed by atoms with Crippen LogP contribution in [0, 0.1) is 0 Å². The number of aliphatic hydroxyl groups excluding tert-OH is 1. The molecule has 100 valence electrons. The lowest BCUT2D eigenvalue weighted by Gasteiger charge is -2.20. The average molecular weight is 247 g/mol. The molecule has 0 amide bonds. The molecule has 6 nitrogen and oxygen atoms in total. The molecule has 0 aliphatic rings. The first kappa shape index (κ1) is 15.9. The van der Waals surface area contributed by atoms with Gasteiger partial charge in [-0.15, -0.1) is 0 Å². The van der Waals surface area contributed by atoms with E-state index >= 15 is 0 Å². The smallest absolute Gasteiger partial charge is 0.304 e. The lowest BCUT2D eigenvalue weighted by Crippen LogP contribution is -2.30. The minimum absolute atomic E-state index is 0.0274. The third kappa shape index (κ3) is 11.1. The highest BCUT2D eigenvalue weighted by Crippen LogP contribution is 2.01. The topological polar surface area (TPSA) is 98.1 Å². The van der Waals surface area contributed by atoms with Crippen molar-refractivity contribution in [3.05, 3.63) is 0 Å². The van der Waals surface area contributed by atoms with Gasteiger partial charge in [-0.3, -0.25) is 9.59 Å². The number of hydrogen-bond donors (Lipinski definition) is 3. The summed E-state index contributed by atoms with van der Waals surface area (Å²) in [6, 6.07) is 0. The molecule has 0 aromatic rings. The third-order valence-corrected chi connectivity index (χ3v) is 2.42. The zero-order chi connectivity index (χ0) is 13.1. The van der Waals surface area contributed by atoms with Gasteiger partial charge in [-0.2, -0.15) is 0 Å². The summed E-state index contributed by atoms with van der Waals surface area (Å²) in [6.07, 6.45) is 2.50. The second-order valence-corrected chi connectivity index (χ2v) is 3.91. The van der Waals surface area contributed by atoms with Gasteiger partial charge in [0.1, 0.15) is 0 Å². The largest absolute Gasteiger partial charge is 0.481 e. The lowest BCUT2D eigenvalue weighted by atomic mass is 10.2. The van der Waals surface area contributed by atoms with Crippen LogP contribution >= 0.6 is 0 Å². The maximum atomic E-state index is 10.4. The van der Waals surface area contributed by atoms with E-state index in [1.165, 1.54) is 0 Å². The highest BCUT2D eigenvalue weighted by Gasteiger charge is 2.09. The second-order valence-electron chi connectivity index (χ2n) is 3.91. The molecule has 0 aromatic heterocycles. The van der Waals surface area contributed by atoms with Crippen LogP contribution in [-0.4, -0.2) is 58.4 Å². The van der Waals surface area contributed by atoms with Crippen molar-refractivity contribution in [2.24, 2.45) is 0 Å². The van der Waals surface area contributed by atoms with E-state index in [4.69, 9.17) is 15.3 Å². The molecule has 0 radical (unpaired) electrons. The van der Waals surface area contributed by atoms with Crippen LogP contribution in [0.4, 0.5) is 0 Å². The Labute approximate surface area is 101 Å². The summed E-state index contributed by atoms with van der Waals surface area (Å²) >= 11 is 0. The summed E-state index contributed by atoms with van der Waals surface area (Å²) in [5.74, 6) is -1.75. The van der Waals surface area contributed by atoms with E-state index < -0.39 is 11.9 Å². The molecule has 0 aliphatic heterocycles. The Balaban J connectivity index is 3.83. The van der Waals surface area contributed by atoms with Gasteiger partial charge in [0, 0.05) is 19.7 Å². The van der Waals surface area contributed by atoms with Crippen molar-refractivity contribution in [2.45, 2.75) is 32.1 Å². The summed E-state index contributed by atoms with van der Waals surface area (Å²) in [5.41, 5.74) is 0. The number of carbonyl (C=O) groups is 2. The molecule has 6 heteroatoms. The minimum atomic E-state index is -0.874. The van der Waals surface area contributed by atoms with Crippen molar-refractivity contribution in [1.82, 2.24) is 4.90 Å². The monoisotopic (exact) mass is 247 g/mol. The summed E-state index contributed by atoms with van der Waals surface area (Å²) < 4.78 is 0. The van der Waals surface area contributed by atoms with Crippen molar-refractivity contribution in [2.75, 3.05) is 26.2 Å². The van der Waals surface area contributed by atoms with Gasteiger partial charge < -0.3 is 20.2 Å². The molecule has 0 heterocycles. The predicted octanol–water partition coefficient (Wildman–Crippen LogP) is 0.400. The van der Waals surface area contributed by atoms with Crippen LogP contribution in [0.2, 0.25) is 0 Å². The third-order valence-electron chi connectivity index (χ3n) is 2.42. The van der Waals surface area contributed by atoms with Gasteiger partial charge in [-0.25, -0.2) is 0 Å². The van der Waals surface area contributed by atoms with Crippen molar-refractivity contribution in [1.29, 1.82) is 0 Å². The van der Waals surface area contributed by atoms with Crippen LogP contribution in [0.5, 0.6) is 0 Å². The maximum absolute atomic E-state index is 10.4. The maximum Gasteiger partial charge on any atom is 0.304 e. The van der Waals surface area contributed by atoms with Crippen LogP contribution < -0.4 is 0 Å². The first-order chi connectivity index (χ1) is 8.06. The average Bonchev–Trinajstić information content (AvgIpc) is 2.26. The van der Waals surface area contributed by atoms with E-state index in [2.05, 4.69) is 0 Å². The Morgan fingerprint density at radius 3 is 1.76 bits per heavy atom. The number of nitrogens with zero attached hydrogens (tertiary/aromatic N) is 1. The summed E-state index contributed by atoms with van der Waals surface area (Å²) in [7, 11) is 0. The second kappa shape index (κ2) is 10.0. The van der Waals surface area contributed by atoms with E-state index in [-0.39, 0.29) is 19.4 Å². The van der Waals surface area contributed by atoms with Gasteiger partial charge >= 0.3 is 11.9 Å². The van der Waals surface area contributed by atoms with Crippen LogP contribution in [0.15, 0.2) is 0 Å². The number of hydrogen-bond acceptors (Lipinski definition) is 4.